The average Bonchev–Trinajstić information content (AvgIpc) is 2.69. The van der Waals surface area contributed by atoms with Gasteiger partial charge in [-0.05, 0) is 32.1 Å². The summed E-state index contributed by atoms with van der Waals surface area (Å²) in [5, 5.41) is 8.60. The molecule has 5 heteroatoms. The van der Waals surface area contributed by atoms with Gasteiger partial charge in [-0.3, -0.25) is 9.59 Å². The van der Waals surface area contributed by atoms with Crippen LogP contribution in [-0.4, -0.2) is 48.7 Å². The summed E-state index contributed by atoms with van der Waals surface area (Å²) < 4.78 is 4.75. The third-order valence-corrected chi connectivity index (χ3v) is 4.80. The zero-order chi connectivity index (χ0) is 20.9. The van der Waals surface area contributed by atoms with Crippen LogP contribution in [0.1, 0.15) is 96.8 Å². The summed E-state index contributed by atoms with van der Waals surface area (Å²) in [6.07, 6.45) is 21.1. The van der Waals surface area contributed by atoms with Crippen LogP contribution in [0.25, 0.3) is 0 Å². The first-order valence-corrected chi connectivity index (χ1v) is 11.3. The molecule has 0 radical (unpaired) electrons. The van der Waals surface area contributed by atoms with Crippen LogP contribution >= 0.6 is 0 Å². The Kier molecular flexibility index (Phi) is 19.4. The molecule has 0 spiro atoms. The Labute approximate surface area is 172 Å². The summed E-state index contributed by atoms with van der Waals surface area (Å²) in [6, 6.07) is 0. The molecule has 28 heavy (non-hydrogen) atoms. The fourth-order valence-corrected chi connectivity index (χ4v) is 3.02. The molecule has 0 aromatic rings. The Bertz CT molecular complexity index is 409. The molecule has 0 heterocycles. The number of aliphatic hydroxyl groups excluding tert-OH is 1. The van der Waals surface area contributed by atoms with E-state index in [1.165, 1.54) is 62.7 Å². The molecule has 5 nitrogen and oxygen atoms in total. The summed E-state index contributed by atoms with van der Waals surface area (Å²) >= 11 is 0. The second-order valence-electron chi connectivity index (χ2n) is 7.53. The Morgan fingerprint density at radius 1 is 0.857 bits per heavy atom. The van der Waals surface area contributed by atoms with E-state index in [1.807, 2.05) is 0 Å². The number of unbranched alkanes of at least 4 members (excludes halogenated alkanes) is 11. The van der Waals surface area contributed by atoms with Gasteiger partial charge in [0, 0.05) is 13.5 Å². The first-order valence-electron chi connectivity index (χ1n) is 11.3. The van der Waals surface area contributed by atoms with E-state index >= 15 is 0 Å². The minimum absolute atomic E-state index is 0.0188. The number of ether oxygens (including phenoxy) is 1. The number of aliphatic hydroxyl groups is 1. The van der Waals surface area contributed by atoms with Crippen molar-refractivity contribution >= 4 is 11.9 Å². The minimum atomic E-state index is -0.477. The summed E-state index contributed by atoms with van der Waals surface area (Å²) in [4.78, 5) is 24.7. The number of rotatable bonds is 19. The number of esters is 1. The van der Waals surface area contributed by atoms with Gasteiger partial charge in [0.1, 0.15) is 13.2 Å². The van der Waals surface area contributed by atoms with Crippen LogP contribution in [0.2, 0.25) is 0 Å². The summed E-state index contributed by atoms with van der Waals surface area (Å²) in [5.74, 6) is -0.506. The van der Waals surface area contributed by atoms with E-state index in [4.69, 9.17) is 9.84 Å². The number of amides is 1. The van der Waals surface area contributed by atoms with Crippen molar-refractivity contribution in [3.05, 3.63) is 12.2 Å². The molecule has 0 fully saturated rings. The molecule has 0 aromatic heterocycles. The van der Waals surface area contributed by atoms with Crippen LogP contribution in [0.3, 0.4) is 0 Å². The first-order chi connectivity index (χ1) is 13.6. The van der Waals surface area contributed by atoms with Gasteiger partial charge in [0.25, 0.3) is 0 Å². The second kappa shape index (κ2) is 20.4. The Morgan fingerprint density at radius 3 is 1.96 bits per heavy atom. The van der Waals surface area contributed by atoms with Crippen LogP contribution < -0.4 is 0 Å². The molecule has 0 unspecified atom stereocenters. The van der Waals surface area contributed by atoms with E-state index in [0.29, 0.717) is 6.42 Å². The number of allylic oxidation sites excluding steroid dienone is 2. The van der Waals surface area contributed by atoms with E-state index in [0.717, 1.165) is 25.7 Å². The van der Waals surface area contributed by atoms with Crippen molar-refractivity contribution in [2.45, 2.75) is 96.8 Å². The van der Waals surface area contributed by atoms with Gasteiger partial charge in [-0.1, -0.05) is 70.4 Å². The topological polar surface area (TPSA) is 66.8 Å². The highest BCUT2D eigenvalue weighted by molar-refractivity contribution is 5.81. The summed E-state index contributed by atoms with van der Waals surface area (Å²) in [5.41, 5.74) is 0. The predicted molar refractivity (Wildman–Crippen MR) is 115 cm³/mol. The molecular formula is C23H43NO4. The van der Waals surface area contributed by atoms with E-state index in [-0.39, 0.29) is 25.7 Å². The molecule has 0 atom stereocenters. The molecule has 0 aromatic carbocycles. The highest BCUT2D eigenvalue weighted by Crippen LogP contribution is 2.10. The first kappa shape index (κ1) is 26.6. The van der Waals surface area contributed by atoms with Crippen molar-refractivity contribution in [1.82, 2.24) is 4.90 Å². The SMILES string of the molecule is CCCCCCCC/C=C\CCCCCCCC(=O)N(C)CC(=O)OCCO. The van der Waals surface area contributed by atoms with Gasteiger partial charge in [0.2, 0.25) is 5.91 Å². The summed E-state index contributed by atoms with van der Waals surface area (Å²) in [7, 11) is 1.61. The van der Waals surface area contributed by atoms with Gasteiger partial charge in [-0.15, -0.1) is 0 Å². The van der Waals surface area contributed by atoms with Crippen LogP contribution in [0.4, 0.5) is 0 Å². The zero-order valence-corrected chi connectivity index (χ0v) is 18.3. The lowest BCUT2D eigenvalue weighted by molar-refractivity contribution is -0.149. The fraction of sp³-hybridized carbons (Fsp3) is 0.826. The average molecular weight is 398 g/mol. The molecule has 0 saturated heterocycles. The van der Waals surface area contributed by atoms with Crippen LogP contribution in [0.5, 0.6) is 0 Å². The molecular weight excluding hydrogens is 354 g/mol. The standard InChI is InChI=1S/C23H43NO4/c1-3-4-5-6-7-8-9-10-11-12-13-14-15-16-17-18-22(26)24(2)21-23(27)28-20-19-25/h10-11,25H,3-9,12-21H2,1-2H3/b11-10-. The van der Waals surface area contributed by atoms with Crippen molar-refractivity contribution in [2.75, 3.05) is 26.8 Å². The molecule has 0 rings (SSSR count). The van der Waals surface area contributed by atoms with Gasteiger partial charge in [-0.25, -0.2) is 0 Å². The Balaban J connectivity index is 3.43. The molecule has 0 aliphatic rings. The summed E-state index contributed by atoms with van der Waals surface area (Å²) in [6.45, 7) is 1.99. The second-order valence-corrected chi connectivity index (χ2v) is 7.53. The van der Waals surface area contributed by atoms with Crippen LogP contribution in [-0.2, 0) is 14.3 Å². The van der Waals surface area contributed by atoms with Gasteiger partial charge < -0.3 is 14.7 Å². The van der Waals surface area contributed by atoms with Crippen LogP contribution in [0, 0.1) is 0 Å². The molecule has 0 bridgehead atoms. The number of hydrogen-bond donors (Lipinski definition) is 1. The van der Waals surface area contributed by atoms with E-state index in [1.54, 1.807) is 7.05 Å². The third-order valence-electron chi connectivity index (χ3n) is 4.80. The van der Waals surface area contributed by atoms with Crippen molar-refractivity contribution in [2.24, 2.45) is 0 Å². The molecule has 1 N–H and O–H groups in total. The lowest BCUT2D eigenvalue weighted by Crippen LogP contribution is -2.33. The quantitative estimate of drug-likeness (QED) is 0.189. The number of carbonyl (C=O) groups excluding carboxylic acids is 2. The largest absolute Gasteiger partial charge is 0.462 e. The van der Waals surface area contributed by atoms with Crippen molar-refractivity contribution in [3.63, 3.8) is 0 Å². The van der Waals surface area contributed by atoms with Crippen LogP contribution in [0.15, 0.2) is 12.2 Å². The molecule has 0 aliphatic carbocycles. The van der Waals surface area contributed by atoms with E-state index < -0.39 is 5.97 Å². The molecule has 0 saturated carbocycles. The Hall–Kier alpha value is -1.36. The van der Waals surface area contributed by atoms with E-state index in [2.05, 4.69) is 19.1 Å². The number of hydrogen-bond acceptors (Lipinski definition) is 4. The maximum Gasteiger partial charge on any atom is 0.325 e. The maximum absolute atomic E-state index is 11.9. The minimum Gasteiger partial charge on any atom is -0.462 e. The smallest absolute Gasteiger partial charge is 0.325 e. The normalized spacial score (nSPS) is 11.1. The van der Waals surface area contributed by atoms with E-state index in [9.17, 15) is 9.59 Å². The van der Waals surface area contributed by atoms with Gasteiger partial charge in [-0.2, -0.15) is 0 Å². The highest BCUT2D eigenvalue weighted by Gasteiger charge is 2.13. The monoisotopic (exact) mass is 397 g/mol. The number of carbonyl (C=O) groups is 2. The molecule has 0 aliphatic heterocycles. The lowest BCUT2D eigenvalue weighted by Gasteiger charge is -2.16. The van der Waals surface area contributed by atoms with Crippen molar-refractivity contribution in [3.8, 4) is 0 Å². The highest BCUT2D eigenvalue weighted by atomic mass is 16.5. The molecule has 1 amide bonds. The van der Waals surface area contributed by atoms with Gasteiger partial charge in [0.05, 0.1) is 6.61 Å². The lowest BCUT2D eigenvalue weighted by atomic mass is 10.1. The van der Waals surface area contributed by atoms with Crippen molar-refractivity contribution in [1.29, 1.82) is 0 Å². The number of likely N-dealkylation sites (N-methyl/N-ethyl adjacent to an activating group) is 1. The third kappa shape index (κ3) is 18.0. The van der Waals surface area contributed by atoms with Crippen molar-refractivity contribution < 1.29 is 19.4 Å². The zero-order valence-electron chi connectivity index (χ0n) is 18.3. The molecule has 164 valence electrons. The maximum atomic E-state index is 11.9. The number of nitrogens with zero attached hydrogens (tertiary/aromatic N) is 1. The predicted octanol–water partition coefficient (Wildman–Crippen LogP) is 5.02. The van der Waals surface area contributed by atoms with Gasteiger partial charge >= 0.3 is 5.97 Å². The Morgan fingerprint density at radius 2 is 1.39 bits per heavy atom. The fourth-order valence-electron chi connectivity index (χ4n) is 3.02. The van der Waals surface area contributed by atoms with Gasteiger partial charge in [0.15, 0.2) is 0 Å².